The second kappa shape index (κ2) is 9.35. The summed E-state index contributed by atoms with van der Waals surface area (Å²) < 4.78 is 27.2. The van der Waals surface area contributed by atoms with Crippen LogP contribution in [0.1, 0.15) is 33.6 Å². The number of likely N-dealkylation sites (tertiary alicyclic amines) is 1. The molecule has 1 fully saturated rings. The van der Waals surface area contributed by atoms with E-state index in [1.54, 1.807) is 18.3 Å². The van der Waals surface area contributed by atoms with Crippen molar-refractivity contribution in [3.05, 3.63) is 71.2 Å². The SMILES string of the molecule is Cc1cc(/C=C/c2ccc3nccc(C(=O)NCC(=O)N4CC(F)(F)C[C@H]4C#N)c3c2)ccn1. The number of alkyl halides is 2. The maximum absolute atomic E-state index is 13.6. The van der Waals surface area contributed by atoms with Crippen molar-refractivity contribution >= 4 is 34.9 Å². The Bertz CT molecular complexity index is 1330. The maximum Gasteiger partial charge on any atom is 0.268 e. The molecule has 3 heterocycles. The number of carbonyl (C=O) groups excluding carboxylic acids is 2. The van der Waals surface area contributed by atoms with E-state index in [1.165, 1.54) is 12.3 Å². The quantitative estimate of drug-likeness (QED) is 0.626. The van der Waals surface area contributed by atoms with Crippen molar-refractivity contribution in [2.75, 3.05) is 13.1 Å². The summed E-state index contributed by atoms with van der Waals surface area (Å²) >= 11 is 0. The van der Waals surface area contributed by atoms with Gasteiger partial charge in [0.2, 0.25) is 5.91 Å². The molecule has 0 saturated carbocycles. The Labute approximate surface area is 194 Å². The Morgan fingerprint density at radius 3 is 2.65 bits per heavy atom. The number of aromatic nitrogens is 2. The van der Waals surface area contributed by atoms with Crippen LogP contribution in [0.25, 0.3) is 23.1 Å². The number of aryl methyl sites for hydroxylation is 1. The second-order valence-electron chi connectivity index (χ2n) is 8.11. The third kappa shape index (κ3) is 5.07. The van der Waals surface area contributed by atoms with E-state index in [2.05, 4.69) is 15.3 Å². The lowest BCUT2D eigenvalue weighted by molar-refractivity contribution is -0.131. The Morgan fingerprint density at radius 2 is 1.91 bits per heavy atom. The Kier molecular flexibility index (Phi) is 6.32. The van der Waals surface area contributed by atoms with Gasteiger partial charge in [0.25, 0.3) is 11.8 Å². The van der Waals surface area contributed by atoms with Gasteiger partial charge in [-0.25, -0.2) is 8.78 Å². The zero-order valence-electron chi connectivity index (χ0n) is 18.3. The van der Waals surface area contributed by atoms with Crippen LogP contribution < -0.4 is 5.32 Å². The van der Waals surface area contributed by atoms with E-state index in [-0.39, 0.29) is 0 Å². The van der Waals surface area contributed by atoms with Crippen LogP contribution in [0.3, 0.4) is 0 Å². The second-order valence-corrected chi connectivity index (χ2v) is 8.11. The van der Waals surface area contributed by atoms with Gasteiger partial charge in [0.05, 0.1) is 30.2 Å². The Morgan fingerprint density at radius 1 is 1.18 bits per heavy atom. The fourth-order valence-electron chi connectivity index (χ4n) is 3.88. The first-order chi connectivity index (χ1) is 16.3. The highest BCUT2D eigenvalue weighted by molar-refractivity contribution is 6.07. The van der Waals surface area contributed by atoms with Crippen LogP contribution in [-0.4, -0.2) is 51.7 Å². The lowest BCUT2D eigenvalue weighted by Crippen LogP contribution is -2.43. The maximum atomic E-state index is 13.6. The highest BCUT2D eigenvalue weighted by Crippen LogP contribution is 2.31. The summed E-state index contributed by atoms with van der Waals surface area (Å²) in [6.45, 7) is 0.590. The molecule has 3 aromatic rings. The highest BCUT2D eigenvalue weighted by atomic mass is 19.3. The summed E-state index contributed by atoms with van der Waals surface area (Å²) in [5, 5.41) is 12.1. The first kappa shape index (κ1) is 23.0. The summed E-state index contributed by atoms with van der Waals surface area (Å²) in [6.07, 6.45) is 6.35. The molecule has 172 valence electrons. The van der Waals surface area contributed by atoms with Crippen molar-refractivity contribution in [1.29, 1.82) is 5.26 Å². The largest absolute Gasteiger partial charge is 0.343 e. The topological polar surface area (TPSA) is 99.0 Å². The van der Waals surface area contributed by atoms with Crippen LogP contribution in [0.4, 0.5) is 8.78 Å². The number of rotatable bonds is 5. The minimum absolute atomic E-state index is 0.302. The average molecular weight is 461 g/mol. The summed E-state index contributed by atoms with van der Waals surface area (Å²) in [4.78, 5) is 34.5. The number of pyridine rings is 2. The van der Waals surface area contributed by atoms with Gasteiger partial charge in [0.15, 0.2) is 0 Å². The van der Waals surface area contributed by atoms with Crippen LogP contribution >= 0.6 is 0 Å². The van der Waals surface area contributed by atoms with Crippen LogP contribution in [0.2, 0.25) is 0 Å². The number of hydrogen-bond acceptors (Lipinski definition) is 5. The summed E-state index contributed by atoms with van der Waals surface area (Å²) in [5.74, 6) is -4.38. The number of carbonyl (C=O) groups is 2. The normalized spacial score (nSPS) is 17.1. The van der Waals surface area contributed by atoms with Gasteiger partial charge in [-0.15, -0.1) is 0 Å². The predicted molar refractivity (Wildman–Crippen MR) is 123 cm³/mol. The number of nitrogens with one attached hydrogen (secondary N) is 1. The molecule has 1 atom stereocenters. The van der Waals surface area contributed by atoms with Crippen LogP contribution in [-0.2, 0) is 4.79 Å². The zero-order valence-corrected chi connectivity index (χ0v) is 18.3. The number of hydrogen-bond donors (Lipinski definition) is 1. The van der Waals surface area contributed by atoms with E-state index >= 15 is 0 Å². The molecule has 4 rings (SSSR count). The minimum atomic E-state index is -3.11. The number of halogens is 2. The number of benzene rings is 1. The van der Waals surface area contributed by atoms with Gasteiger partial charge >= 0.3 is 0 Å². The highest BCUT2D eigenvalue weighted by Gasteiger charge is 2.47. The molecule has 1 aliphatic heterocycles. The van der Waals surface area contributed by atoms with Crippen molar-refractivity contribution in [2.24, 2.45) is 0 Å². The fraction of sp³-hybridized carbons (Fsp3) is 0.240. The average Bonchev–Trinajstić information content (AvgIpc) is 3.15. The van der Waals surface area contributed by atoms with Gasteiger partial charge in [0, 0.05) is 29.9 Å². The molecule has 0 radical (unpaired) electrons. The van der Waals surface area contributed by atoms with Crippen LogP contribution in [0, 0.1) is 18.3 Å². The molecular formula is C25H21F2N5O2. The Hall–Kier alpha value is -4.19. The van der Waals surface area contributed by atoms with Crippen molar-refractivity contribution in [1.82, 2.24) is 20.2 Å². The summed E-state index contributed by atoms with van der Waals surface area (Å²) in [7, 11) is 0. The van der Waals surface area contributed by atoms with Crippen LogP contribution in [0.15, 0.2) is 48.8 Å². The molecule has 0 bridgehead atoms. The number of nitriles is 1. The van der Waals surface area contributed by atoms with E-state index in [4.69, 9.17) is 5.26 Å². The molecule has 9 heteroatoms. The van der Waals surface area contributed by atoms with E-state index in [9.17, 15) is 18.4 Å². The van der Waals surface area contributed by atoms with Crippen LogP contribution in [0.5, 0.6) is 0 Å². The van der Waals surface area contributed by atoms with Gasteiger partial charge < -0.3 is 10.2 Å². The lowest BCUT2D eigenvalue weighted by Gasteiger charge is -2.19. The van der Waals surface area contributed by atoms with Crippen molar-refractivity contribution in [3.8, 4) is 6.07 Å². The van der Waals surface area contributed by atoms with Gasteiger partial charge in [-0.1, -0.05) is 18.2 Å². The first-order valence-corrected chi connectivity index (χ1v) is 10.6. The number of amides is 2. The van der Waals surface area contributed by atoms with Crippen molar-refractivity contribution < 1.29 is 18.4 Å². The summed E-state index contributed by atoms with van der Waals surface area (Å²) in [5.41, 5.74) is 3.63. The van der Waals surface area contributed by atoms with Crippen molar-refractivity contribution in [3.63, 3.8) is 0 Å². The lowest BCUT2D eigenvalue weighted by atomic mass is 10.0. The van der Waals surface area contributed by atoms with E-state index in [0.29, 0.717) is 16.5 Å². The van der Waals surface area contributed by atoms with Gasteiger partial charge in [-0.3, -0.25) is 19.6 Å². The number of nitrogens with zero attached hydrogens (tertiary/aromatic N) is 4. The molecule has 0 aliphatic carbocycles. The monoisotopic (exact) mass is 461 g/mol. The smallest absolute Gasteiger partial charge is 0.268 e. The molecule has 1 N–H and O–H groups in total. The fourth-order valence-corrected chi connectivity index (χ4v) is 3.88. The van der Waals surface area contributed by atoms with E-state index in [1.807, 2.05) is 43.3 Å². The molecular weight excluding hydrogens is 440 g/mol. The molecule has 34 heavy (non-hydrogen) atoms. The molecule has 2 aromatic heterocycles. The van der Waals surface area contributed by atoms with Crippen molar-refractivity contribution in [2.45, 2.75) is 25.3 Å². The van der Waals surface area contributed by atoms with Gasteiger partial charge in [-0.05, 0) is 48.4 Å². The predicted octanol–water partition coefficient (Wildman–Crippen LogP) is 3.60. The number of fused-ring (bicyclic) bond motifs is 1. The first-order valence-electron chi connectivity index (χ1n) is 10.6. The van der Waals surface area contributed by atoms with Gasteiger partial charge in [-0.2, -0.15) is 5.26 Å². The van der Waals surface area contributed by atoms with E-state index in [0.717, 1.165) is 21.7 Å². The Balaban J connectivity index is 1.51. The standard InChI is InChI=1S/C25H21F2N5O2/c1-16-10-18(6-8-29-16)3-2-17-4-5-22-21(11-17)20(7-9-30-22)24(34)31-14-23(33)32-15-25(26,27)12-19(32)13-28/h2-11,19H,12,14-15H2,1H3,(H,31,34)/b3-2+/t19-/m0/s1. The minimum Gasteiger partial charge on any atom is -0.343 e. The molecule has 1 aliphatic rings. The summed E-state index contributed by atoms with van der Waals surface area (Å²) in [6, 6.07) is 11.4. The van der Waals surface area contributed by atoms with Gasteiger partial charge in [0.1, 0.15) is 6.04 Å². The zero-order chi connectivity index (χ0) is 24.3. The van der Waals surface area contributed by atoms with E-state index < -0.39 is 43.3 Å². The molecule has 0 unspecified atom stereocenters. The molecule has 2 amide bonds. The molecule has 7 nitrogen and oxygen atoms in total. The molecule has 0 spiro atoms. The third-order valence-electron chi connectivity index (χ3n) is 5.54. The third-order valence-corrected chi connectivity index (χ3v) is 5.54. The molecule has 1 aromatic carbocycles. The molecule has 1 saturated heterocycles.